The average molecular weight is 636 g/mol. The summed E-state index contributed by atoms with van der Waals surface area (Å²) >= 11 is 5.79. The summed E-state index contributed by atoms with van der Waals surface area (Å²) in [6.45, 7) is 1.53. The van der Waals surface area contributed by atoms with Gasteiger partial charge >= 0.3 is 0 Å². The van der Waals surface area contributed by atoms with Gasteiger partial charge in [-0.2, -0.15) is 0 Å². The van der Waals surface area contributed by atoms with E-state index >= 15 is 0 Å². The van der Waals surface area contributed by atoms with E-state index in [1.54, 1.807) is 12.1 Å². The van der Waals surface area contributed by atoms with Gasteiger partial charge in [0.25, 0.3) is 0 Å². The molecule has 4 N–H and O–H groups in total. The van der Waals surface area contributed by atoms with Gasteiger partial charge in [0.1, 0.15) is 43.2 Å². The molecule has 2 heterocycles. The minimum atomic E-state index is -1.25. The number of likely N-dealkylation sites (tertiary alicyclic amines) is 1. The van der Waals surface area contributed by atoms with E-state index in [2.05, 4.69) is 31.6 Å². The van der Waals surface area contributed by atoms with Gasteiger partial charge in [0.05, 0.1) is 16.2 Å². The maximum Gasteiger partial charge on any atom is 0.211 e. The highest BCUT2D eigenvalue weighted by Crippen LogP contribution is 2.33. The summed E-state index contributed by atoms with van der Waals surface area (Å²) in [6, 6.07) is 7.34. The number of carbonyl (C=O) groups is 1. The molecule has 0 spiro atoms. The number of piperidine rings is 1. The summed E-state index contributed by atoms with van der Waals surface area (Å²) in [5.74, 6) is 0.178. The summed E-state index contributed by atoms with van der Waals surface area (Å²) in [5, 5.41) is 19.9. The minimum Gasteiger partial charge on any atom is -0.489 e. The van der Waals surface area contributed by atoms with Crippen LogP contribution in [0.2, 0.25) is 5.02 Å². The summed E-state index contributed by atoms with van der Waals surface area (Å²) in [6.07, 6.45) is 6.88. The molecule has 4 rings (SSSR count). The fourth-order valence-electron chi connectivity index (χ4n) is 3.68. The molecule has 0 aliphatic carbocycles. The molecule has 9 nitrogen and oxygen atoms in total. The van der Waals surface area contributed by atoms with Crippen molar-refractivity contribution >= 4 is 46.1 Å². The van der Waals surface area contributed by atoms with E-state index in [9.17, 15) is 26.7 Å². The molecule has 1 fully saturated rings. The van der Waals surface area contributed by atoms with Gasteiger partial charge in [0, 0.05) is 36.8 Å². The first kappa shape index (κ1) is 37.4. The molecule has 1 aromatic heterocycles. The number of amides is 1. The molecule has 43 heavy (non-hydrogen) atoms. The van der Waals surface area contributed by atoms with Crippen molar-refractivity contribution in [2.24, 2.45) is 0 Å². The van der Waals surface area contributed by atoms with E-state index < -0.39 is 32.4 Å². The number of nitrogens with one attached hydrogen (secondary N) is 2. The highest BCUT2D eigenvalue weighted by molar-refractivity contribution is 6.31. The smallest absolute Gasteiger partial charge is 0.211 e. The summed E-state index contributed by atoms with van der Waals surface area (Å²) in [7, 11) is 0. The topological polar surface area (TPSA) is 120 Å². The third kappa shape index (κ3) is 14.0. The van der Waals surface area contributed by atoms with E-state index in [-0.39, 0.29) is 17.4 Å². The lowest BCUT2D eigenvalue weighted by atomic mass is 10.1. The number of alkyl halides is 4. The van der Waals surface area contributed by atoms with E-state index in [1.807, 2.05) is 13.0 Å². The number of aliphatic hydroxyl groups is 2. The van der Waals surface area contributed by atoms with Crippen molar-refractivity contribution in [3.05, 3.63) is 59.7 Å². The number of rotatable bonds is 9. The van der Waals surface area contributed by atoms with Crippen molar-refractivity contribution in [3.8, 4) is 5.75 Å². The van der Waals surface area contributed by atoms with Gasteiger partial charge in [-0.1, -0.05) is 23.8 Å². The van der Waals surface area contributed by atoms with Crippen LogP contribution in [-0.2, 0) is 4.79 Å². The standard InChI is InChI=1S/C17H13ClF2N4O2.C9H16FN.2CH3FO/c18-12-5-10(1-2-13(12)20)24-17-11-6-15(23-9-25)16(26-4-3-19)7-14(11)21-8-22-17;1-2-3-6-11-7-4-9(10)5-8-11;2*2-1-3/h1-2,5-9H,3-4H2,(H,23,25)(H,21,22,24);2-3,9H,4-8H2,1H3;2*3H,1H2/b;3-2+;;. The Labute approximate surface area is 251 Å². The zero-order valence-corrected chi connectivity index (χ0v) is 24.2. The lowest BCUT2D eigenvalue weighted by molar-refractivity contribution is -0.105. The Kier molecular flexibility index (Phi) is 19.2. The number of hydrogen-bond acceptors (Lipinski definition) is 8. The number of halogens is 6. The zero-order chi connectivity index (χ0) is 32.0. The Balaban J connectivity index is 0.000000450. The molecular formula is C28H35ClF5N5O4. The van der Waals surface area contributed by atoms with Crippen LogP contribution < -0.4 is 15.4 Å². The van der Waals surface area contributed by atoms with Crippen LogP contribution in [0.4, 0.5) is 39.1 Å². The molecule has 0 bridgehead atoms. The molecule has 0 unspecified atom stereocenters. The fourth-order valence-corrected chi connectivity index (χ4v) is 3.86. The molecule has 1 aliphatic rings. The average Bonchev–Trinajstić information content (AvgIpc) is 2.99. The predicted octanol–water partition coefficient (Wildman–Crippen LogP) is 5.89. The van der Waals surface area contributed by atoms with Crippen LogP contribution in [0.3, 0.4) is 0 Å². The molecule has 1 saturated heterocycles. The number of fused-ring (bicyclic) bond motifs is 1. The number of ether oxygens (including phenoxy) is 1. The molecule has 3 aromatic rings. The van der Waals surface area contributed by atoms with Crippen LogP contribution in [0.1, 0.15) is 19.8 Å². The van der Waals surface area contributed by atoms with E-state index in [0.29, 0.717) is 34.5 Å². The summed E-state index contributed by atoms with van der Waals surface area (Å²) < 4.78 is 63.3. The van der Waals surface area contributed by atoms with Crippen molar-refractivity contribution in [1.29, 1.82) is 0 Å². The van der Waals surface area contributed by atoms with Crippen molar-refractivity contribution in [2.45, 2.75) is 25.9 Å². The fraction of sp³-hybridized carbons (Fsp3) is 0.393. The lowest BCUT2D eigenvalue weighted by Gasteiger charge is -2.27. The van der Waals surface area contributed by atoms with Crippen LogP contribution >= 0.6 is 11.6 Å². The Bertz CT molecular complexity index is 1250. The second-order valence-electron chi connectivity index (χ2n) is 8.42. The first-order chi connectivity index (χ1) is 20.8. The number of carbonyl (C=O) groups excluding carboxylic acids is 1. The first-order valence-corrected chi connectivity index (χ1v) is 13.4. The molecule has 2 aromatic carbocycles. The third-order valence-electron chi connectivity index (χ3n) is 5.58. The molecule has 0 atom stereocenters. The van der Waals surface area contributed by atoms with E-state index in [1.165, 1.54) is 24.5 Å². The van der Waals surface area contributed by atoms with Crippen molar-refractivity contribution in [2.75, 3.05) is 57.3 Å². The Morgan fingerprint density at radius 3 is 2.37 bits per heavy atom. The maximum absolute atomic E-state index is 13.3. The monoisotopic (exact) mass is 635 g/mol. The molecule has 1 amide bonds. The first-order valence-electron chi connectivity index (χ1n) is 13.0. The number of benzene rings is 2. The van der Waals surface area contributed by atoms with Gasteiger partial charge in [-0.25, -0.2) is 31.9 Å². The second-order valence-corrected chi connectivity index (χ2v) is 8.83. The van der Waals surface area contributed by atoms with Gasteiger partial charge in [0.15, 0.2) is 13.7 Å². The summed E-state index contributed by atoms with van der Waals surface area (Å²) in [4.78, 5) is 21.5. The van der Waals surface area contributed by atoms with Gasteiger partial charge in [-0.05, 0) is 44.0 Å². The van der Waals surface area contributed by atoms with E-state index in [4.69, 9.17) is 26.6 Å². The number of hydrogen-bond donors (Lipinski definition) is 4. The highest BCUT2D eigenvalue weighted by Gasteiger charge is 2.16. The molecule has 0 saturated carbocycles. The third-order valence-corrected chi connectivity index (χ3v) is 5.87. The van der Waals surface area contributed by atoms with Gasteiger partial charge in [0.2, 0.25) is 6.41 Å². The van der Waals surface area contributed by atoms with Gasteiger partial charge in [-0.15, -0.1) is 0 Å². The van der Waals surface area contributed by atoms with Crippen LogP contribution in [0.15, 0.2) is 48.8 Å². The van der Waals surface area contributed by atoms with Crippen LogP contribution in [0.25, 0.3) is 10.9 Å². The molecule has 238 valence electrons. The molecule has 15 heteroatoms. The second kappa shape index (κ2) is 22.0. The Morgan fingerprint density at radius 2 is 1.79 bits per heavy atom. The quantitative estimate of drug-likeness (QED) is 0.131. The van der Waals surface area contributed by atoms with E-state index in [0.717, 1.165) is 32.5 Å². The van der Waals surface area contributed by atoms with Gasteiger partial charge in [-0.3, -0.25) is 9.69 Å². The number of aromatic nitrogens is 2. The SMILES string of the molecule is C/C=C/CN1CCC(F)CC1.O=CNc1cc2c(Nc3ccc(F)c(Cl)c3)ncnc2cc1OCCF.OCF.OCF. The number of allylic oxidation sites excluding steroid dienone is 1. The number of aliphatic hydroxyl groups excluding tert-OH is 2. The minimum absolute atomic E-state index is 0.0291. The van der Waals surface area contributed by atoms with Crippen LogP contribution in [0, 0.1) is 5.82 Å². The normalized spacial score (nSPS) is 13.1. The van der Waals surface area contributed by atoms with Crippen LogP contribution in [0.5, 0.6) is 5.75 Å². The van der Waals surface area contributed by atoms with Crippen molar-refractivity contribution in [1.82, 2.24) is 14.9 Å². The Hall–Kier alpha value is -3.59. The maximum atomic E-state index is 13.3. The molecule has 1 aliphatic heterocycles. The number of nitrogens with zero attached hydrogens (tertiary/aromatic N) is 3. The predicted molar refractivity (Wildman–Crippen MR) is 157 cm³/mol. The molecular weight excluding hydrogens is 601 g/mol. The number of anilines is 3. The molecule has 0 radical (unpaired) electrons. The lowest BCUT2D eigenvalue weighted by Crippen LogP contribution is -2.34. The van der Waals surface area contributed by atoms with Crippen molar-refractivity contribution in [3.63, 3.8) is 0 Å². The van der Waals surface area contributed by atoms with Crippen molar-refractivity contribution < 1.29 is 41.7 Å². The largest absolute Gasteiger partial charge is 0.489 e. The summed E-state index contributed by atoms with van der Waals surface area (Å²) in [5.41, 5.74) is 1.39. The Morgan fingerprint density at radius 1 is 1.12 bits per heavy atom. The van der Waals surface area contributed by atoms with Gasteiger partial charge < -0.3 is 25.6 Å². The zero-order valence-electron chi connectivity index (χ0n) is 23.5. The highest BCUT2D eigenvalue weighted by atomic mass is 35.5. The van der Waals surface area contributed by atoms with Crippen LogP contribution in [-0.4, -0.2) is 84.3 Å².